The molecule has 0 radical (unpaired) electrons. The maximum Gasteiger partial charge on any atom is 0.317 e. The molecule has 1 aliphatic heterocycles. The summed E-state index contributed by atoms with van der Waals surface area (Å²) >= 11 is 5.74. The van der Waals surface area contributed by atoms with Gasteiger partial charge in [0.25, 0.3) is 0 Å². The number of carbonyl (C=O) groups excluding carboxylic acids is 1. The molecule has 1 N–H and O–H groups in total. The fourth-order valence-electron chi connectivity index (χ4n) is 2.13. The van der Waals surface area contributed by atoms with Gasteiger partial charge in [-0.25, -0.2) is 14.8 Å². The van der Waals surface area contributed by atoms with Crippen molar-refractivity contribution in [2.75, 3.05) is 13.1 Å². The Labute approximate surface area is 129 Å². The van der Waals surface area contributed by atoms with Gasteiger partial charge in [0.2, 0.25) is 0 Å². The Morgan fingerprint density at radius 3 is 2.71 bits per heavy atom. The fraction of sp³-hybridized carbons (Fsp3) is 0.643. The number of ether oxygens (including phenoxy) is 1. The van der Waals surface area contributed by atoms with Crippen molar-refractivity contribution < 1.29 is 9.53 Å². The van der Waals surface area contributed by atoms with E-state index in [-0.39, 0.29) is 17.7 Å². The highest BCUT2D eigenvalue weighted by atomic mass is 35.5. The summed E-state index contributed by atoms with van der Waals surface area (Å²) in [5.41, 5.74) is -0.246. The lowest BCUT2D eigenvalue weighted by Crippen LogP contribution is -2.53. The van der Waals surface area contributed by atoms with Crippen molar-refractivity contribution in [3.63, 3.8) is 0 Å². The Morgan fingerprint density at radius 2 is 2.10 bits per heavy atom. The number of nitrogens with one attached hydrogen (secondary N) is 1. The Morgan fingerprint density at radius 1 is 1.43 bits per heavy atom. The van der Waals surface area contributed by atoms with Crippen molar-refractivity contribution in [3.8, 4) is 6.01 Å². The molecule has 2 amide bonds. The first kappa shape index (κ1) is 15.8. The van der Waals surface area contributed by atoms with Crippen LogP contribution in [0.5, 0.6) is 6.01 Å². The third-order valence-corrected chi connectivity index (χ3v) is 3.21. The minimum atomic E-state index is -0.246. The Hall–Kier alpha value is -1.56. The fourth-order valence-corrected chi connectivity index (χ4v) is 2.23. The smallest absolute Gasteiger partial charge is 0.317 e. The van der Waals surface area contributed by atoms with Gasteiger partial charge in [0.1, 0.15) is 6.10 Å². The molecule has 116 valence electrons. The average molecular weight is 313 g/mol. The molecule has 1 aromatic rings. The van der Waals surface area contributed by atoms with Crippen LogP contribution in [0.3, 0.4) is 0 Å². The van der Waals surface area contributed by atoms with E-state index in [0.717, 1.165) is 19.4 Å². The van der Waals surface area contributed by atoms with Crippen LogP contribution in [-0.4, -0.2) is 45.6 Å². The number of rotatable bonds is 2. The first-order valence-electron chi connectivity index (χ1n) is 7.05. The third-order valence-electron chi connectivity index (χ3n) is 3.02. The van der Waals surface area contributed by atoms with Crippen LogP contribution in [0, 0.1) is 0 Å². The molecule has 1 aromatic heterocycles. The van der Waals surface area contributed by atoms with E-state index in [0.29, 0.717) is 17.6 Å². The standard InChI is InChI=1S/C14H21ClN4O2/c1-14(2,3)18-13(20)19-6-4-5-11(9-19)21-12-16-7-10(15)8-17-12/h7-8,11H,4-6,9H2,1-3H3,(H,18,20). The molecule has 2 heterocycles. The lowest BCUT2D eigenvalue weighted by Gasteiger charge is -2.34. The summed E-state index contributed by atoms with van der Waals surface area (Å²) in [5, 5.41) is 3.43. The van der Waals surface area contributed by atoms with Crippen molar-refractivity contribution in [1.29, 1.82) is 0 Å². The zero-order chi connectivity index (χ0) is 15.5. The second kappa shape index (κ2) is 6.47. The molecule has 0 aliphatic carbocycles. The van der Waals surface area contributed by atoms with Gasteiger partial charge in [-0.05, 0) is 33.6 Å². The van der Waals surface area contributed by atoms with E-state index in [1.165, 1.54) is 12.4 Å². The van der Waals surface area contributed by atoms with E-state index in [2.05, 4.69) is 15.3 Å². The molecule has 0 aromatic carbocycles. The summed E-state index contributed by atoms with van der Waals surface area (Å²) in [6, 6.07) is 0.232. The van der Waals surface area contributed by atoms with Crippen LogP contribution in [0.1, 0.15) is 33.6 Å². The molecule has 1 atom stereocenters. The van der Waals surface area contributed by atoms with Gasteiger partial charge in [-0.15, -0.1) is 0 Å². The second-order valence-corrected chi connectivity index (χ2v) is 6.63. The zero-order valence-electron chi connectivity index (χ0n) is 12.6. The van der Waals surface area contributed by atoms with Crippen LogP contribution >= 0.6 is 11.6 Å². The molecular weight excluding hydrogens is 292 g/mol. The molecule has 0 spiro atoms. The van der Waals surface area contributed by atoms with E-state index in [4.69, 9.17) is 16.3 Å². The average Bonchev–Trinajstić information content (AvgIpc) is 2.40. The molecule has 2 rings (SSSR count). The highest BCUT2D eigenvalue weighted by Gasteiger charge is 2.27. The minimum Gasteiger partial charge on any atom is -0.458 e. The monoisotopic (exact) mass is 312 g/mol. The van der Waals surface area contributed by atoms with Gasteiger partial charge in [0.05, 0.1) is 24.0 Å². The van der Waals surface area contributed by atoms with Gasteiger partial charge >= 0.3 is 12.0 Å². The van der Waals surface area contributed by atoms with Gasteiger partial charge in [-0.2, -0.15) is 0 Å². The number of amides is 2. The third kappa shape index (κ3) is 5.04. The normalized spacial score (nSPS) is 19.2. The van der Waals surface area contributed by atoms with Gasteiger partial charge in [0.15, 0.2) is 0 Å². The molecule has 1 aliphatic rings. The Bertz CT molecular complexity index is 487. The minimum absolute atomic E-state index is 0.0622. The number of likely N-dealkylation sites (tertiary alicyclic amines) is 1. The van der Waals surface area contributed by atoms with Crippen molar-refractivity contribution in [2.45, 2.75) is 45.3 Å². The summed E-state index contributed by atoms with van der Waals surface area (Å²) in [6.45, 7) is 7.16. The Kier molecular flexibility index (Phi) is 4.88. The van der Waals surface area contributed by atoms with Gasteiger partial charge in [-0.1, -0.05) is 11.6 Å². The molecule has 21 heavy (non-hydrogen) atoms. The summed E-state index contributed by atoms with van der Waals surface area (Å²) in [7, 11) is 0. The lowest BCUT2D eigenvalue weighted by molar-refractivity contribution is 0.0916. The lowest BCUT2D eigenvalue weighted by atomic mass is 10.1. The van der Waals surface area contributed by atoms with E-state index in [1.54, 1.807) is 4.90 Å². The van der Waals surface area contributed by atoms with Crippen LogP contribution in [-0.2, 0) is 0 Å². The number of urea groups is 1. The van der Waals surface area contributed by atoms with E-state index in [9.17, 15) is 4.79 Å². The maximum absolute atomic E-state index is 12.2. The molecule has 7 heteroatoms. The van der Waals surface area contributed by atoms with Crippen LogP contribution in [0.15, 0.2) is 12.4 Å². The van der Waals surface area contributed by atoms with Crippen LogP contribution < -0.4 is 10.1 Å². The number of nitrogens with zero attached hydrogens (tertiary/aromatic N) is 3. The van der Waals surface area contributed by atoms with Crippen molar-refractivity contribution in [1.82, 2.24) is 20.2 Å². The van der Waals surface area contributed by atoms with Crippen molar-refractivity contribution >= 4 is 17.6 Å². The molecule has 0 saturated carbocycles. The topological polar surface area (TPSA) is 67.4 Å². The highest BCUT2D eigenvalue weighted by molar-refractivity contribution is 6.30. The highest BCUT2D eigenvalue weighted by Crippen LogP contribution is 2.16. The van der Waals surface area contributed by atoms with Gasteiger partial charge in [0, 0.05) is 12.1 Å². The zero-order valence-corrected chi connectivity index (χ0v) is 13.4. The van der Waals surface area contributed by atoms with Crippen LogP contribution in [0.4, 0.5) is 4.79 Å². The number of piperidine rings is 1. The summed E-state index contributed by atoms with van der Waals surface area (Å²) in [5.74, 6) is 0. The van der Waals surface area contributed by atoms with E-state index >= 15 is 0 Å². The predicted octanol–water partition coefficient (Wildman–Crippen LogP) is 2.48. The largest absolute Gasteiger partial charge is 0.458 e. The molecular formula is C14H21ClN4O2. The molecule has 1 fully saturated rings. The summed E-state index contributed by atoms with van der Waals surface area (Å²) < 4.78 is 5.72. The predicted molar refractivity (Wildman–Crippen MR) is 80.5 cm³/mol. The first-order chi connectivity index (χ1) is 9.83. The molecule has 6 nitrogen and oxygen atoms in total. The van der Waals surface area contributed by atoms with Crippen molar-refractivity contribution in [3.05, 3.63) is 17.4 Å². The summed E-state index contributed by atoms with van der Waals surface area (Å²) in [4.78, 5) is 22.0. The SMILES string of the molecule is CC(C)(C)NC(=O)N1CCCC(Oc2ncc(Cl)cn2)C1. The number of aromatic nitrogens is 2. The van der Waals surface area contributed by atoms with Crippen LogP contribution in [0.2, 0.25) is 5.02 Å². The van der Waals surface area contributed by atoms with Crippen LogP contribution in [0.25, 0.3) is 0 Å². The number of carbonyl (C=O) groups is 1. The quantitative estimate of drug-likeness (QED) is 0.911. The number of hydrogen-bond acceptors (Lipinski definition) is 4. The maximum atomic E-state index is 12.2. The second-order valence-electron chi connectivity index (χ2n) is 6.19. The van der Waals surface area contributed by atoms with E-state index < -0.39 is 0 Å². The van der Waals surface area contributed by atoms with Gasteiger partial charge < -0.3 is 15.0 Å². The van der Waals surface area contributed by atoms with E-state index in [1.807, 2.05) is 20.8 Å². The summed E-state index contributed by atoms with van der Waals surface area (Å²) in [6.07, 6.45) is 4.68. The number of hydrogen-bond donors (Lipinski definition) is 1. The molecule has 1 unspecified atom stereocenters. The molecule has 1 saturated heterocycles. The number of halogens is 1. The molecule has 0 bridgehead atoms. The van der Waals surface area contributed by atoms with Crippen molar-refractivity contribution in [2.24, 2.45) is 0 Å². The van der Waals surface area contributed by atoms with Gasteiger partial charge in [-0.3, -0.25) is 0 Å². The Balaban J connectivity index is 1.91. The first-order valence-corrected chi connectivity index (χ1v) is 7.42.